The Hall–Kier alpha value is -0.340. The molecule has 2 aliphatic rings. The van der Waals surface area contributed by atoms with Crippen LogP contribution in [0.15, 0.2) is 11.6 Å². The van der Waals surface area contributed by atoms with Crippen LogP contribution in [0.3, 0.4) is 0 Å². The van der Waals surface area contributed by atoms with Gasteiger partial charge in [-0.15, -0.1) is 0 Å². The molecule has 1 spiro atoms. The van der Waals surface area contributed by atoms with E-state index in [2.05, 4.69) is 19.9 Å². The van der Waals surface area contributed by atoms with Gasteiger partial charge in [0.05, 0.1) is 13.2 Å². The Morgan fingerprint density at radius 2 is 2.00 bits per heavy atom. The first kappa shape index (κ1) is 9.22. The zero-order chi connectivity index (χ0) is 9.31. The van der Waals surface area contributed by atoms with Crippen LogP contribution in [-0.4, -0.2) is 19.0 Å². The summed E-state index contributed by atoms with van der Waals surface area (Å²) in [4.78, 5) is 0. The Kier molecular flexibility index (Phi) is 2.43. The molecule has 0 amide bonds. The van der Waals surface area contributed by atoms with E-state index in [-0.39, 0.29) is 5.79 Å². The van der Waals surface area contributed by atoms with Crippen LogP contribution >= 0.6 is 0 Å². The summed E-state index contributed by atoms with van der Waals surface area (Å²) >= 11 is 0. The van der Waals surface area contributed by atoms with Gasteiger partial charge in [-0.25, -0.2) is 0 Å². The van der Waals surface area contributed by atoms with E-state index in [1.807, 2.05) is 0 Å². The average molecular weight is 182 g/mol. The maximum absolute atomic E-state index is 5.70. The standard InChI is InChI=1S/C11H18O2/c1-9(2)10-4-3-5-11(8-10)12-6-7-13-11/h4,9H,3,5-8H2,1-2H3. The lowest BCUT2D eigenvalue weighted by Crippen LogP contribution is -2.33. The normalized spacial score (nSPS) is 26.8. The van der Waals surface area contributed by atoms with Gasteiger partial charge >= 0.3 is 0 Å². The zero-order valence-corrected chi connectivity index (χ0v) is 8.51. The monoisotopic (exact) mass is 182 g/mol. The summed E-state index contributed by atoms with van der Waals surface area (Å²) in [6, 6.07) is 0. The summed E-state index contributed by atoms with van der Waals surface area (Å²) in [6.45, 7) is 6.01. The first-order valence-corrected chi connectivity index (χ1v) is 5.19. The highest BCUT2D eigenvalue weighted by Gasteiger charge is 2.38. The van der Waals surface area contributed by atoms with Crippen LogP contribution in [0, 0.1) is 5.92 Å². The quantitative estimate of drug-likeness (QED) is 0.580. The number of allylic oxidation sites excluding steroid dienone is 1. The number of hydrogen-bond donors (Lipinski definition) is 0. The summed E-state index contributed by atoms with van der Waals surface area (Å²) in [7, 11) is 0. The van der Waals surface area contributed by atoms with Crippen LogP contribution in [0.4, 0.5) is 0 Å². The molecule has 0 saturated carbocycles. The molecule has 2 nitrogen and oxygen atoms in total. The molecule has 1 aliphatic carbocycles. The van der Waals surface area contributed by atoms with Crippen molar-refractivity contribution < 1.29 is 9.47 Å². The van der Waals surface area contributed by atoms with Crippen molar-refractivity contribution in [2.24, 2.45) is 5.92 Å². The highest BCUT2D eigenvalue weighted by atomic mass is 16.7. The Morgan fingerprint density at radius 1 is 1.31 bits per heavy atom. The molecule has 2 heteroatoms. The summed E-state index contributed by atoms with van der Waals surface area (Å²) in [5.74, 6) is 0.388. The molecular weight excluding hydrogens is 164 g/mol. The van der Waals surface area contributed by atoms with Crippen LogP contribution in [-0.2, 0) is 9.47 Å². The summed E-state index contributed by atoms with van der Waals surface area (Å²) in [5, 5.41) is 0. The molecule has 0 atom stereocenters. The van der Waals surface area contributed by atoms with Gasteiger partial charge in [-0.3, -0.25) is 0 Å². The van der Waals surface area contributed by atoms with Crippen molar-refractivity contribution in [2.45, 2.75) is 38.9 Å². The maximum atomic E-state index is 5.70. The van der Waals surface area contributed by atoms with Gasteiger partial charge in [-0.2, -0.15) is 0 Å². The minimum atomic E-state index is -0.242. The van der Waals surface area contributed by atoms with Crippen LogP contribution in [0.2, 0.25) is 0 Å². The van der Waals surface area contributed by atoms with Crippen molar-refractivity contribution in [1.82, 2.24) is 0 Å². The van der Waals surface area contributed by atoms with Crippen molar-refractivity contribution in [3.8, 4) is 0 Å². The lowest BCUT2D eigenvalue weighted by Gasteiger charge is -2.32. The highest BCUT2D eigenvalue weighted by Crippen LogP contribution is 2.37. The van der Waals surface area contributed by atoms with Gasteiger partial charge in [0.2, 0.25) is 0 Å². The molecule has 0 N–H and O–H groups in total. The highest BCUT2D eigenvalue weighted by molar-refractivity contribution is 5.12. The van der Waals surface area contributed by atoms with Crippen molar-refractivity contribution in [3.63, 3.8) is 0 Å². The molecule has 1 heterocycles. The molecule has 74 valence electrons. The third kappa shape index (κ3) is 1.79. The summed E-state index contributed by atoms with van der Waals surface area (Å²) in [5.41, 5.74) is 1.49. The van der Waals surface area contributed by atoms with Crippen molar-refractivity contribution in [1.29, 1.82) is 0 Å². The minimum Gasteiger partial charge on any atom is -0.347 e. The lowest BCUT2D eigenvalue weighted by atomic mass is 9.87. The lowest BCUT2D eigenvalue weighted by molar-refractivity contribution is -0.163. The molecule has 0 bridgehead atoms. The van der Waals surface area contributed by atoms with Gasteiger partial charge in [0.25, 0.3) is 0 Å². The molecule has 1 aliphatic heterocycles. The fourth-order valence-corrected chi connectivity index (χ4v) is 2.13. The number of ether oxygens (including phenoxy) is 2. The molecule has 13 heavy (non-hydrogen) atoms. The van der Waals surface area contributed by atoms with Crippen LogP contribution < -0.4 is 0 Å². The van der Waals surface area contributed by atoms with E-state index < -0.39 is 0 Å². The molecule has 0 aromatic carbocycles. The molecule has 0 aromatic heterocycles. The Balaban J connectivity index is 2.07. The molecular formula is C11H18O2. The van der Waals surface area contributed by atoms with E-state index >= 15 is 0 Å². The average Bonchev–Trinajstić information content (AvgIpc) is 2.53. The second-order valence-corrected chi connectivity index (χ2v) is 4.26. The van der Waals surface area contributed by atoms with Crippen LogP contribution in [0.25, 0.3) is 0 Å². The van der Waals surface area contributed by atoms with Crippen LogP contribution in [0.5, 0.6) is 0 Å². The van der Waals surface area contributed by atoms with Crippen LogP contribution in [0.1, 0.15) is 33.1 Å². The number of hydrogen-bond acceptors (Lipinski definition) is 2. The fourth-order valence-electron chi connectivity index (χ4n) is 2.13. The van der Waals surface area contributed by atoms with E-state index in [0.717, 1.165) is 32.5 Å². The Labute approximate surface area is 79.9 Å². The third-order valence-electron chi connectivity index (χ3n) is 2.96. The van der Waals surface area contributed by atoms with Gasteiger partial charge in [0.1, 0.15) is 0 Å². The van der Waals surface area contributed by atoms with Gasteiger partial charge in [0, 0.05) is 12.8 Å². The molecule has 1 fully saturated rings. The number of rotatable bonds is 1. The van der Waals surface area contributed by atoms with Gasteiger partial charge in [-0.1, -0.05) is 25.5 Å². The van der Waals surface area contributed by atoms with Crippen molar-refractivity contribution in [2.75, 3.05) is 13.2 Å². The van der Waals surface area contributed by atoms with Gasteiger partial charge in [-0.05, 0) is 12.3 Å². The van der Waals surface area contributed by atoms with Gasteiger partial charge < -0.3 is 9.47 Å². The second-order valence-electron chi connectivity index (χ2n) is 4.26. The van der Waals surface area contributed by atoms with E-state index in [1.165, 1.54) is 5.57 Å². The van der Waals surface area contributed by atoms with E-state index in [1.54, 1.807) is 0 Å². The SMILES string of the molecule is CC(C)C1=CCCC2(C1)OCCO2. The predicted octanol–water partition coefficient (Wildman–Crippen LogP) is 2.50. The fraction of sp³-hybridized carbons (Fsp3) is 0.818. The topological polar surface area (TPSA) is 18.5 Å². The largest absolute Gasteiger partial charge is 0.347 e. The molecule has 1 saturated heterocycles. The molecule has 0 unspecified atom stereocenters. The predicted molar refractivity (Wildman–Crippen MR) is 51.4 cm³/mol. The van der Waals surface area contributed by atoms with E-state index in [0.29, 0.717) is 5.92 Å². The maximum Gasteiger partial charge on any atom is 0.172 e. The minimum absolute atomic E-state index is 0.242. The van der Waals surface area contributed by atoms with Crippen molar-refractivity contribution >= 4 is 0 Å². The molecule has 0 radical (unpaired) electrons. The van der Waals surface area contributed by atoms with E-state index in [4.69, 9.17) is 9.47 Å². The summed E-state index contributed by atoms with van der Waals surface area (Å²) in [6.07, 6.45) is 5.46. The third-order valence-corrected chi connectivity index (χ3v) is 2.96. The Bertz CT molecular complexity index is 212. The zero-order valence-electron chi connectivity index (χ0n) is 8.51. The van der Waals surface area contributed by atoms with Gasteiger partial charge in [0.15, 0.2) is 5.79 Å². The summed E-state index contributed by atoms with van der Waals surface area (Å²) < 4.78 is 11.4. The first-order chi connectivity index (χ1) is 6.22. The smallest absolute Gasteiger partial charge is 0.172 e. The second kappa shape index (κ2) is 3.43. The van der Waals surface area contributed by atoms with E-state index in [9.17, 15) is 0 Å². The molecule has 0 aromatic rings. The first-order valence-electron chi connectivity index (χ1n) is 5.19. The Morgan fingerprint density at radius 3 is 2.62 bits per heavy atom. The van der Waals surface area contributed by atoms with Crippen molar-refractivity contribution in [3.05, 3.63) is 11.6 Å². The molecule has 2 rings (SSSR count).